The topological polar surface area (TPSA) is 29.9 Å². The lowest BCUT2D eigenvalue weighted by molar-refractivity contribution is 0.510. The van der Waals surface area contributed by atoms with Crippen LogP contribution in [0, 0.1) is 11.6 Å². The largest absolute Gasteiger partial charge is 0.377 e. The fourth-order valence-corrected chi connectivity index (χ4v) is 1.75. The van der Waals surface area contributed by atoms with Gasteiger partial charge in [-0.25, -0.2) is 8.78 Å². The lowest BCUT2D eigenvalue weighted by Crippen LogP contribution is -2.09. The van der Waals surface area contributed by atoms with Gasteiger partial charge >= 0.3 is 0 Å². The standard InChI is InChI=1S/C13H15F2N3/c1-2-8-18-10(6-7-17-18)9-16-12-5-3-4-11(14)13(12)15/h3-7,16H,2,8-9H2,1H3. The fourth-order valence-electron chi connectivity index (χ4n) is 1.75. The highest BCUT2D eigenvalue weighted by Crippen LogP contribution is 2.17. The average molecular weight is 251 g/mol. The number of halogens is 2. The normalized spacial score (nSPS) is 10.6. The van der Waals surface area contributed by atoms with Crippen molar-refractivity contribution in [3.05, 3.63) is 47.8 Å². The van der Waals surface area contributed by atoms with Gasteiger partial charge in [0.2, 0.25) is 0 Å². The molecule has 0 spiro atoms. The van der Waals surface area contributed by atoms with Crippen LogP contribution in [0.5, 0.6) is 0 Å². The number of hydrogen-bond acceptors (Lipinski definition) is 2. The maximum Gasteiger partial charge on any atom is 0.181 e. The van der Waals surface area contributed by atoms with Crippen molar-refractivity contribution in [1.82, 2.24) is 9.78 Å². The summed E-state index contributed by atoms with van der Waals surface area (Å²) in [5.41, 5.74) is 1.11. The molecule has 0 fully saturated rings. The minimum atomic E-state index is -0.848. The summed E-state index contributed by atoms with van der Waals surface area (Å²) in [7, 11) is 0. The van der Waals surface area contributed by atoms with Crippen LogP contribution in [0.1, 0.15) is 19.0 Å². The van der Waals surface area contributed by atoms with Crippen LogP contribution in [0.2, 0.25) is 0 Å². The van der Waals surface area contributed by atoms with Gasteiger partial charge in [0.1, 0.15) is 0 Å². The Hall–Kier alpha value is -1.91. The van der Waals surface area contributed by atoms with E-state index in [4.69, 9.17) is 0 Å². The van der Waals surface area contributed by atoms with Gasteiger partial charge in [0.25, 0.3) is 0 Å². The zero-order chi connectivity index (χ0) is 13.0. The van der Waals surface area contributed by atoms with Gasteiger partial charge in [-0.3, -0.25) is 4.68 Å². The molecule has 0 bridgehead atoms. The summed E-state index contributed by atoms with van der Waals surface area (Å²) < 4.78 is 28.3. The molecule has 0 aliphatic rings. The van der Waals surface area contributed by atoms with Gasteiger partial charge in [-0.1, -0.05) is 13.0 Å². The number of aryl methyl sites for hydroxylation is 1. The van der Waals surface area contributed by atoms with E-state index in [9.17, 15) is 8.78 Å². The van der Waals surface area contributed by atoms with E-state index in [1.807, 2.05) is 10.7 Å². The van der Waals surface area contributed by atoms with Gasteiger partial charge < -0.3 is 5.32 Å². The molecule has 0 saturated heterocycles. The van der Waals surface area contributed by atoms with E-state index in [0.717, 1.165) is 24.7 Å². The van der Waals surface area contributed by atoms with Gasteiger partial charge in [-0.15, -0.1) is 0 Å². The second-order valence-corrected chi connectivity index (χ2v) is 4.00. The summed E-state index contributed by atoms with van der Waals surface area (Å²) in [4.78, 5) is 0. The predicted molar refractivity (Wildman–Crippen MR) is 66.2 cm³/mol. The van der Waals surface area contributed by atoms with E-state index in [2.05, 4.69) is 17.3 Å². The van der Waals surface area contributed by atoms with E-state index in [0.29, 0.717) is 6.54 Å². The number of rotatable bonds is 5. The van der Waals surface area contributed by atoms with E-state index >= 15 is 0 Å². The molecule has 1 aromatic heterocycles. The smallest absolute Gasteiger partial charge is 0.181 e. The zero-order valence-corrected chi connectivity index (χ0v) is 10.2. The summed E-state index contributed by atoms with van der Waals surface area (Å²) in [5.74, 6) is -1.69. The molecule has 18 heavy (non-hydrogen) atoms. The van der Waals surface area contributed by atoms with Gasteiger partial charge in [0.15, 0.2) is 11.6 Å². The van der Waals surface area contributed by atoms with Crippen LogP contribution >= 0.6 is 0 Å². The number of nitrogens with zero attached hydrogens (tertiary/aromatic N) is 2. The third kappa shape index (κ3) is 2.67. The fraction of sp³-hybridized carbons (Fsp3) is 0.308. The predicted octanol–water partition coefficient (Wildman–Crippen LogP) is 3.18. The van der Waals surface area contributed by atoms with E-state index < -0.39 is 11.6 Å². The zero-order valence-electron chi connectivity index (χ0n) is 10.2. The van der Waals surface area contributed by atoms with Gasteiger partial charge in [-0.2, -0.15) is 5.10 Å². The van der Waals surface area contributed by atoms with Crippen molar-refractivity contribution in [3.8, 4) is 0 Å². The van der Waals surface area contributed by atoms with Crippen LogP contribution in [0.15, 0.2) is 30.5 Å². The van der Waals surface area contributed by atoms with Crippen molar-refractivity contribution in [2.24, 2.45) is 0 Å². The molecule has 0 aliphatic heterocycles. The molecule has 0 atom stereocenters. The van der Waals surface area contributed by atoms with Crippen LogP contribution in [0.3, 0.4) is 0 Å². The summed E-state index contributed by atoms with van der Waals surface area (Å²) in [5, 5.41) is 7.05. The monoisotopic (exact) mass is 251 g/mol. The molecule has 1 aromatic carbocycles. The Bertz CT molecular complexity index is 523. The van der Waals surface area contributed by atoms with Crippen LogP contribution < -0.4 is 5.32 Å². The quantitative estimate of drug-likeness (QED) is 0.884. The van der Waals surface area contributed by atoms with Gasteiger partial charge in [0.05, 0.1) is 17.9 Å². The second-order valence-electron chi connectivity index (χ2n) is 4.00. The number of hydrogen-bond donors (Lipinski definition) is 1. The van der Waals surface area contributed by atoms with Crippen LogP contribution in [-0.2, 0) is 13.1 Å². The summed E-state index contributed by atoms with van der Waals surface area (Å²) in [6, 6.07) is 5.95. The summed E-state index contributed by atoms with van der Waals surface area (Å²) >= 11 is 0. The Balaban J connectivity index is 2.07. The number of benzene rings is 1. The third-order valence-corrected chi connectivity index (χ3v) is 2.65. The Kier molecular flexibility index (Phi) is 3.92. The molecule has 5 heteroatoms. The van der Waals surface area contributed by atoms with Gasteiger partial charge in [-0.05, 0) is 24.6 Å². The molecule has 0 unspecified atom stereocenters. The Morgan fingerprint density at radius 1 is 1.28 bits per heavy atom. The lowest BCUT2D eigenvalue weighted by atomic mass is 10.3. The molecule has 2 aromatic rings. The lowest BCUT2D eigenvalue weighted by Gasteiger charge is -2.09. The Morgan fingerprint density at radius 3 is 2.89 bits per heavy atom. The molecule has 2 rings (SSSR count). The highest BCUT2D eigenvalue weighted by molar-refractivity contribution is 5.45. The highest BCUT2D eigenvalue weighted by Gasteiger charge is 2.08. The first-order chi connectivity index (χ1) is 8.72. The van der Waals surface area contributed by atoms with Crippen LogP contribution in [0.4, 0.5) is 14.5 Å². The van der Waals surface area contributed by atoms with E-state index in [1.54, 1.807) is 6.20 Å². The first-order valence-electron chi connectivity index (χ1n) is 5.91. The van der Waals surface area contributed by atoms with Gasteiger partial charge in [0, 0.05) is 12.7 Å². The Morgan fingerprint density at radius 2 is 2.11 bits per heavy atom. The highest BCUT2D eigenvalue weighted by atomic mass is 19.2. The number of anilines is 1. The van der Waals surface area contributed by atoms with Crippen molar-refractivity contribution in [2.75, 3.05) is 5.32 Å². The molecule has 0 aliphatic carbocycles. The summed E-state index contributed by atoms with van der Waals surface area (Å²) in [6.07, 6.45) is 2.68. The van der Waals surface area contributed by atoms with Crippen molar-refractivity contribution in [2.45, 2.75) is 26.4 Å². The second kappa shape index (κ2) is 5.62. The number of nitrogens with one attached hydrogen (secondary N) is 1. The third-order valence-electron chi connectivity index (χ3n) is 2.65. The van der Waals surface area contributed by atoms with Crippen molar-refractivity contribution in [1.29, 1.82) is 0 Å². The maximum absolute atomic E-state index is 13.4. The molecule has 0 amide bonds. The minimum absolute atomic E-state index is 0.166. The molecule has 3 nitrogen and oxygen atoms in total. The van der Waals surface area contributed by atoms with Crippen LogP contribution in [-0.4, -0.2) is 9.78 Å². The molecule has 1 heterocycles. The van der Waals surface area contributed by atoms with Crippen LogP contribution in [0.25, 0.3) is 0 Å². The molecule has 96 valence electrons. The first-order valence-corrected chi connectivity index (χ1v) is 5.91. The minimum Gasteiger partial charge on any atom is -0.377 e. The number of aromatic nitrogens is 2. The summed E-state index contributed by atoms with van der Waals surface area (Å²) in [6.45, 7) is 3.29. The van der Waals surface area contributed by atoms with Crippen molar-refractivity contribution in [3.63, 3.8) is 0 Å². The van der Waals surface area contributed by atoms with E-state index in [1.165, 1.54) is 12.1 Å². The molecule has 1 N–H and O–H groups in total. The maximum atomic E-state index is 13.4. The first kappa shape index (κ1) is 12.5. The SMILES string of the molecule is CCCn1nccc1CNc1cccc(F)c1F. The average Bonchev–Trinajstić information content (AvgIpc) is 2.79. The van der Waals surface area contributed by atoms with Crippen molar-refractivity contribution >= 4 is 5.69 Å². The molecule has 0 radical (unpaired) electrons. The van der Waals surface area contributed by atoms with E-state index in [-0.39, 0.29) is 5.69 Å². The van der Waals surface area contributed by atoms with Crippen molar-refractivity contribution < 1.29 is 8.78 Å². The Labute approximate surface area is 104 Å². The molecule has 0 saturated carbocycles. The molecular weight excluding hydrogens is 236 g/mol. The molecular formula is C13H15F2N3.